The largest absolute Gasteiger partial charge is 0.383 e. The Morgan fingerprint density at radius 3 is 2.96 bits per heavy atom. The van der Waals surface area contributed by atoms with Crippen LogP contribution in [0.3, 0.4) is 0 Å². The van der Waals surface area contributed by atoms with Crippen LogP contribution in [0.25, 0.3) is 0 Å². The summed E-state index contributed by atoms with van der Waals surface area (Å²) < 4.78 is 10.7. The van der Waals surface area contributed by atoms with Gasteiger partial charge in [-0.3, -0.25) is 15.5 Å². The topological polar surface area (TPSA) is 84.8 Å². The number of likely N-dealkylation sites (tertiary alicyclic amines) is 1. The summed E-state index contributed by atoms with van der Waals surface area (Å²) >= 11 is 0. The zero-order valence-corrected chi connectivity index (χ0v) is 16.8. The molecular weight excluding hydrogens is 346 g/mol. The molecule has 8 heteroatoms. The van der Waals surface area contributed by atoms with Crippen LogP contribution < -0.4 is 26.3 Å². The third-order valence-corrected chi connectivity index (χ3v) is 6.96. The molecule has 0 radical (unpaired) electrons. The van der Waals surface area contributed by atoms with Crippen molar-refractivity contribution in [1.82, 2.24) is 16.1 Å². The second kappa shape index (κ2) is 9.93. The van der Waals surface area contributed by atoms with Crippen molar-refractivity contribution in [2.24, 2.45) is 5.92 Å². The molecule has 4 rings (SSSR count). The normalized spacial score (nSPS) is 41.2. The number of ether oxygens (including phenoxy) is 2. The second-order valence-electron chi connectivity index (χ2n) is 8.62. The molecule has 4 aliphatic heterocycles. The van der Waals surface area contributed by atoms with Crippen molar-refractivity contribution in [2.45, 2.75) is 69.2 Å². The van der Waals surface area contributed by atoms with E-state index >= 15 is 0 Å². The van der Waals surface area contributed by atoms with Crippen molar-refractivity contribution in [3.05, 3.63) is 0 Å². The van der Waals surface area contributed by atoms with Crippen LogP contribution in [0.2, 0.25) is 0 Å². The molecule has 4 fully saturated rings. The molecule has 8 nitrogen and oxygen atoms in total. The monoisotopic (exact) mass is 385 g/mol. The lowest BCUT2D eigenvalue weighted by Gasteiger charge is -2.34. The molecular formula is C19H39N5O3+2. The number of hydrogen-bond donors (Lipinski definition) is 5. The lowest BCUT2D eigenvalue weighted by Crippen LogP contribution is -3.19. The smallest absolute Gasteiger partial charge is 0.183 e. The molecule has 0 amide bonds. The van der Waals surface area contributed by atoms with E-state index in [0.717, 1.165) is 38.8 Å². The highest BCUT2D eigenvalue weighted by atomic mass is 16.7. The van der Waals surface area contributed by atoms with Gasteiger partial charge < -0.3 is 19.7 Å². The maximum Gasteiger partial charge on any atom is 0.183 e. The quantitative estimate of drug-likeness (QED) is 0.312. The van der Waals surface area contributed by atoms with Crippen molar-refractivity contribution in [2.75, 3.05) is 46.6 Å². The van der Waals surface area contributed by atoms with E-state index in [1.54, 1.807) is 12.0 Å². The van der Waals surface area contributed by atoms with Crippen molar-refractivity contribution in [1.29, 1.82) is 0 Å². The van der Waals surface area contributed by atoms with Crippen LogP contribution in [-0.4, -0.2) is 77.2 Å². The summed E-state index contributed by atoms with van der Waals surface area (Å²) in [6.07, 6.45) is 8.25. The van der Waals surface area contributed by atoms with E-state index in [0.29, 0.717) is 18.1 Å². The standard InChI is InChI=1S/C19H37N5O3/c1-25-12-8-21-17-13-14(4-7-20-17)18-22-19(27-23-18)16-3-2-9-24(16)15-5-10-26-11-6-15/h14-23H,2-13H2,1H3/p+2. The fourth-order valence-corrected chi connectivity index (χ4v) is 5.51. The van der Waals surface area contributed by atoms with Crippen LogP contribution in [0.1, 0.15) is 38.5 Å². The first-order valence-electron chi connectivity index (χ1n) is 11.0. The number of nitrogens with two attached hydrogens (primary N) is 1. The van der Waals surface area contributed by atoms with Crippen LogP contribution in [0.15, 0.2) is 0 Å². The summed E-state index contributed by atoms with van der Waals surface area (Å²) in [7, 11) is 1.76. The van der Waals surface area contributed by atoms with Crippen molar-refractivity contribution in [3.63, 3.8) is 0 Å². The predicted molar refractivity (Wildman–Crippen MR) is 101 cm³/mol. The van der Waals surface area contributed by atoms with Crippen molar-refractivity contribution < 1.29 is 24.5 Å². The van der Waals surface area contributed by atoms with Gasteiger partial charge in [-0.2, -0.15) is 5.48 Å². The number of quaternary nitrogens is 2. The van der Waals surface area contributed by atoms with Crippen LogP contribution >= 0.6 is 0 Å². The Kier molecular flexibility index (Phi) is 7.35. The molecule has 4 heterocycles. The Balaban J connectivity index is 1.27. The van der Waals surface area contributed by atoms with Gasteiger partial charge in [0.2, 0.25) is 0 Å². The summed E-state index contributed by atoms with van der Waals surface area (Å²) in [6.45, 7) is 5.99. The lowest BCUT2D eigenvalue weighted by molar-refractivity contribution is -0.942. The fraction of sp³-hybridized carbons (Fsp3) is 1.00. The summed E-state index contributed by atoms with van der Waals surface area (Å²) in [5.41, 5.74) is 3.35. The van der Waals surface area contributed by atoms with Gasteiger partial charge in [0.05, 0.1) is 45.1 Å². The Bertz CT molecular complexity index is 451. The minimum Gasteiger partial charge on any atom is -0.383 e. The Labute approximate surface area is 163 Å². The van der Waals surface area contributed by atoms with E-state index in [1.807, 2.05) is 0 Å². The SMILES string of the molecule is COCCNC1CC(C2NOC(C3CCC[NH+]3C3CCOCC3)N2)CC[NH2+]1. The van der Waals surface area contributed by atoms with Gasteiger partial charge in [-0.1, -0.05) is 0 Å². The third kappa shape index (κ3) is 5.00. The van der Waals surface area contributed by atoms with Crippen LogP contribution in [0, 0.1) is 5.92 Å². The maximum absolute atomic E-state index is 6.09. The van der Waals surface area contributed by atoms with Gasteiger partial charge in [0.25, 0.3) is 0 Å². The Hall–Kier alpha value is -0.320. The van der Waals surface area contributed by atoms with E-state index in [1.165, 1.54) is 45.2 Å². The first kappa shape index (κ1) is 20.0. The number of piperidine rings is 1. The average Bonchev–Trinajstić information content (AvgIpc) is 3.39. The molecule has 0 aromatic rings. The maximum atomic E-state index is 6.09. The molecule has 0 aliphatic carbocycles. The molecule has 0 saturated carbocycles. The number of hydroxylamine groups is 1. The molecule has 4 saturated heterocycles. The van der Waals surface area contributed by atoms with Crippen LogP contribution in [-0.2, 0) is 14.3 Å². The van der Waals surface area contributed by atoms with Gasteiger partial charge in [-0.15, -0.1) is 0 Å². The van der Waals surface area contributed by atoms with Gasteiger partial charge in [0.1, 0.15) is 12.2 Å². The van der Waals surface area contributed by atoms with Crippen molar-refractivity contribution in [3.8, 4) is 0 Å². The molecule has 156 valence electrons. The molecule has 27 heavy (non-hydrogen) atoms. The first-order valence-corrected chi connectivity index (χ1v) is 11.0. The molecule has 0 aromatic heterocycles. The second-order valence-corrected chi connectivity index (χ2v) is 8.62. The average molecular weight is 386 g/mol. The zero-order valence-electron chi connectivity index (χ0n) is 16.8. The summed E-state index contributed by atoms with van der Waals surface area (Å²) in [6, 6.07) is 1.31. The molecule has 0 aromatic carbocycles. The zero-order chi connectivity index (χ0) is 18.5. The van der Waals surface area contributed by atoms with E-state index in [9.17, 15) is 0 Å². The van der Waals surface area contributed by atoms with E-state index < -0.39 is 0 Å². The van der Waals surface area contributed by atoms with Gasteiger partial charge in [0, 0.05) is 58.1 Å². The van der Waals surface area contributed by atoms with Crippen molar-refractivity contribution >= 4 is 0 Å². The molecule has 6 unspecified atom stereocenters. The minimum atomic E-state index is 0.140. The van der Waals surface area contributed by atoms with Crippen LogP contribution in [0.5, 0.6) is 0 Å². The minimum absolute atomic E-state index is 0.140. The van der Waals surface area contributed by atoms with E-state index in [4.69, 9.17) is 14.3 Å². The number of nitrogens with one attached hydrogen (secondary N) is 4. The number of hydrogen-bond acceptors (Lipinski definition) is 6. The summed E-state index contributed by atoms with van der Waals surface area (Å²) in [5, 5.41) is 9.83. The molecule has 6 N–H and O–H groups in total. The fourth-order valence-electron chi connectivity index (χ4n) is 5.51. The molecule has 0 spiro atoms. The van der Waals surface area contributed by atoms with Crippen LogP contribution in [0.4, 0.5) is 0 Å². The van der Waals surface area contributed by atoms with E-state index in [2.05, 4.69) is 21.4 Å². The number of methoxy groups -OCH3 is 1. The Morgan fingerprint density at radius 2 is 2.11 bits per heavy atom. The molecule has 0 bridgehead atoms. The summed E-state index contributed by atoms with van der Waals surface area (Å²) in [5.74, 6) is 0.605. The van der Waals surface area contributed by atoms with Gasteiger partial charge in [-0.05, 0) is 0 Å². The van der Waals surface area contributed by atoms with Gasteiger partial charge >= 0.3 is 0 Å². The predicted octanol–water partition coefficient (Wildman–Crippen LogP) is -2.48. The highest BCUT2D eigenvalue weighted by molar-refractivity contribution is 4.85. The number of rotatable bonds is 7. The first-order chi connectivity index (χ1) is 13.3. The van der Waals surface area contributed by atoms with Gasteiger partial charge in [-0.25, -0.2) is 0 Å². The molecule has 6 atom stereocenters. The Morgan fingerprint density at radius 1 is 1.22 bits per heavy atom. The lowest BCUT2D eigenvalue weighted by atomic mass is 9.92. The highest BCUT2D eigenvalue weighted by Gasteiger charge is 2.45. The summed E-state index contributed by atoms with van der Waals surface area (Å²) in [4.78, 5) is 7.84. The third-order valence-electron chi connectivity index (χ3n) is 6.96. The van der Waals surface area contributed by atoms with Gasteiger partial charge in [0.15, 0.2) is 6.23 Å². The highest BCUT2D eigenvalue weighted by Crippen LogP contribution is 2.21. The molecule has 4 aliphatic rings. The van der Waals surface area contributed by atoms with E-state index in [-0.39, 0.29) is 12.4 Å².